The number of nitrogens with zero attached hydrogens (tertiary/aromatic N) is 4. The van der Waals surface area contributed by atoms with Crippen molar-refractivity contribution in [2.24, 2.45) is 17.8 Å². The Morgan fingerprint density at radius 3 is 2.67 bits per heavy atom. The molecule has 1 amide bonds. The molecule has 5 rings (SSSR count). The summed E-state index contributed by atoms with van der Waals surface area (Å²) >= 11 is 0. The topological polar surface area (TPSA) is 80.9 Å². The fourth-order valence-corrected chi connectivity index (χ4v) is 5.47. The zero-order chi connectivity index (χ0) is 25.1. The van der Waals surface area contributed by atoms with Gasteiger partial charge in [0, 0.05) is 38.2 Å². The van der Waals surface area contributed by atoms with Gasteiger partial charge in [0.2, 0.25) is 5.91 Å². The lowest BCUT2D eigenvalue weighted by molar-refractivity contribution is -0.134. The van der Waals surface area contributed by atoms with Crippen LogP contribution in [0.15, 0.2) is 22.7 Å². The van der Waals surface area contributed by atoms with E-state index < -0.39 is 0 Å². The molecule has 0 radical (unpaired) electrons. The molecule has 2 atom stereocenters. The van der Waals surface area contributed by atoms with Crippen molar-refractivity contribution in [3.05, 3.63) is 35.4 Å². The van der Waals surface area contributed by atoms with E-state index in [-0.39, 0.29) is 24.1 Å². The summed E-state index contributed by atoms with van der Waals surface area (Å²) in [5.41, 5.74) is 0.411. The van der Waals surface area contributed by atoms with E-state index in [9.17, 15) is 9.18 Å². The summed E-state index contributed by atoms with van der Waals surface area (Å²) in [5, 5.41) is 4.08. The highest BCUT2D eigenvalue weighted by Crippen LogP contribution is 2.50. The Morgan fingerprint density at radius 1 is 1.19 bits per heavy atom. The van der Waals surface area contributed by atoms with Crippen molar-refractivity contribution in [3.8, 4) is 5.75 Å². The number of carbonyl (C=O) groups excluding carboxylic acids is 1. The quantitative estimate of drug-likeness (QED) is 0.514. The number of aromatic nitrogens is 2. The molecule has 3 heterocycles. The SMILES string of the molecule is CC(C)c1noc(N2CCC(C3CC3CCOc3ccc(CC(=O)N4CCOCC4)c(F)c3)CC2)n1. The zero-order valence-corrected chi connectivity index (χ0v) is 21.3. The lowest BCUT2D eigenvalue weighted by atomic mass is 9.90. The van der Waals surface area contributed by atoms with Gasteiger partial charge in [0.25, 0.3) is 0 Å². The third kappa shape index (κ3) is 5.99. The molecule has 0 bridgehead atoms. The molecular formula is C27H37FN4O4. The molecule has 9 heteroatoms. The van der Waals surface area contributed by atoms with Crippen LogP contribution in [0.25, 0.3) is 0 Å². The zero-order valence-electron chi connectivity index (χ0n) is 21.3. The highest BCUT2D eigenvalue weighted by molar-refractivity contribution is 5.79. The van der Waals surface area contributed by atoms with Crippen LogP contribution >= 0.6 is 0 Å². The van der Waals surface area contributed by atoms with Crippen LogP contribution in [-0.4, -0.2) is 66.9 Å². The number of ether oxygens (including phenoxy) is 2. The molecule has 2 unspecified atom stereocenters. The first kappa shape index (κ1) is 25.0. The van der Waals surface area contributed by atoms with Gasteiger partial charge in [-0.15, -0.1) is 0 Å². The van der Waals surface area contributed by atoms with Crippen LogP contribution in [-0.2, 0) is 16.0 Å². The van der Waals surface area contributed by atoms with Gasteiger partial charge in [0.1, 0.15) is 11.6 Å². The van der Waals surface area contributed by atoms with Gasteiger partial charge in [-0.2, -0.15) is 4.98 Å². The van der Waals surface area contributed by atoms with Gasteiger partial charge in [-0.05, 0) is 55.1 Å². The van der Waals surface area contributed by atoms with E-state index in [1.54, 1.807) is 17.0 Å². The van der Waals surface area contributed by atoms with Gasteiger partial charge in [-0.25, -0.2) is 4.39 Å². The molecular weight excluding hydrogens is 463 g/mol. The molecule has 2 aromatic rings. The van der Waals surface area contributed by atoms with E-state index in [0.717, 1.165) is 50.0 Å². The first-order valence-electron chi connectivity index (χ1n) is 13.3. The van der Waals surface area contributed by atoms with E-state index in [1.807, 2.05) is 0 Å². The first-order valence-corrected chi connectivity index (χ1v) is 13.3. The summed E-state index contributed by atoms with van der Waals surface area (Å²) in [4.78, 5) is 20.9. The summed E-state index contributed by atoms with van der Waals surface area (Å²) in [6, 6.07) is 5.50. The predicted molar refractivity (Wildman–Crippen MR) is 133 cm³/mol. The van der Waals surface area contributed by atoms with Crippen molar-refractivity contribution in [2.45, 2.75) is 51.9 Å². The van der Waals surface area contributed by atoms with Gasteiger partial charge >= 0.3 is 6.01 Å². The molecule has 0 spiro atoms. The maximum atomic E-state index is 14.6. The Kier molecular flexibility index (Phi) is 7.74. The van der Waals surface area contributed by atoms with Crippen LogP contribution < -0.4 is 9.64 Å². The number of amides is 1. The Bertz CT molecular complexity index is 1030. The van der Waals surface area contributed by atoms with Gasteiger partial charge in [-0.3, -0.25) is 4.79 Å². The Hall–Kier alpha value is -2.68. The minimum Gasteiger partial charge on any atom is -0.493 e. The average molecular weight is 501 g/mol. The standard InChI is InChI=1S/C27H37FN4O4/c1-18(2)26-29-27(36-30-26)32-8-5-19(6-9-32)23-15-20(23)7-12-35-22-4-3-21(24(28)17-22)16-25(33)31-10-13-34-14-11-31/h3-4,17-20,23H,5-16H2,1-2H3. The lowest BCUT2D eigenvalue weighted by Crippen LogP contribution is -2.41. The molecule has 1 aromatic carbocycles. The molecule has 0 N–H and O–H groups in total. The number of carbonyl (C=O) groups is 1. The maximum absolute atomic E-state index is 14.6. The van der Waals surface area contributed by atoms with Crippen LogP contribution in [0.3, 0.4) is 0 Å². The largest absolute Gasteiger partial charge is 0.493 e. The van der Waals surface area contributed by atoms with Crippen molar-refractivity contribution in [2.75, 3.05) is 50.9 Å². The Balaban J connectivity index is 1.02. The molecule has 1 aromatic heterocycles. The van der Waals surface area contributed by atoms with Gasteiger partial charge < -0.3 is 23.8 Å². The van der Waals surface area contributed by atoms with Crippen molar-refractivity contribution in [1.29, 1.82) is 0 Å². The molecule has 36 heavy (non-hydrogen) atoms. The Labute approximate surface area is 212 Å². The highest BCUT2D eigenvalue weighted by atomic mass is 19.1. The van der Waals surface area contributed by atoms with Crippen LogP contribution in [0, 0.1) is 23.6 Å². The molecule has 1 saturated carbocycles. The van der Waals surface area contributed by atoms with Crippen LogP contribution in [0.1, 0.15) is 56.8 Å². The fraction of sp³-hybridized carbons (Fsp3) is 0.667. The molecule has 1 aliphatic carbocycles. The monoisotopic (exact) mass is 500 g/mol. The van der Waals surface area contributed by atoms with E-state index in [4.69, 9.17) is 14.0 Å². The van der Waals surface area contributed by atoms with Gasteiger partial charge in [0.15, 0.2) is 5.82 Å². The fourth-order valence-electron chi connectivity index (χ4n) is 5.47. The van der Waals surface area contributed by atoms with Gasteiger partial charge in [0.05, 0.1) is 26.2 Å². The number of rotatable bonds is 9. The van der Waals surface area contributed by atoms with Crippen molar-refractivity contribution in [3.63, 3.8) is 0 Å². The minimum absolute atomic E-state index is 0.0612. The minimum atomic E-state index is -0.382. The second-order valence-electron chi connectivity index (χ2n) is 10.6. The van der Waals surface area contributed by atoms with Crippen LogP contribution in [0.4, 0.5) is 10.4 Å². The number of hydrogen-bond acceptors (Lipinski definition) is 7. The third-order valence-corrected chi connectivity index (χ3v) is 7.83. The first-order chi connectivity index (χ1) is 17.5. The number of benzene rings is 1. The number of halogens is 1. The summed E-state index contributed by atoms with van der Waals surface area (Å²) in [7, 11) is 0. The average Bonchev–Trinajstić information content (AvgIpc) is 3.48. The van der Waals surface area contributed by atoms with Crippen LogP contribution in [0.2, 0.25) is 0 Å². The van der Waals surface area contributed by atoms with Crippen molar-refractivity contribution < 1.29 is 23.2 Å². The van der Waals surface area contributed by atoms with E-state index in [0.29, 0.717) is 56.2 Å². The Morgan fingerprint density at radius 2 is 1.97 bits per heavy atom. The smallest absolute Gasteiger partial charge is 0.324 e. The maximum Gasteiger partial charge on any atom is 0.324 e. The highest BCUT2D eigenvalue weighted by Gasteiger charge is 2.43. The second kappa shape index (κ2) is 11.2. The van der Waals surface area contributed by atoms with Crippen molar-refractivity contribution >= 4 is 11.9 Å². The van der Waals surface area contributed by atoms with Crippen molar-refractivity contribution in [1.82, 2.24) is 15.0 Å². The number of anilines is 1. The summed E-state index contributed by atoms with van der Waals surface area (Å²) in [5.74, 6) is 3.31. The normalized spacial score (nSPS) is 22.8. The third-order valence-electron chi connectivity index (χ3n) is 7.83. The summed E-state index contributed by atoms with van der Waals surface area (Å²) < 4.78 is 31.2. The summed E-state index contributed by atoms with van der Waals surface area (Å²) in [6.45, 7) is 8.88. The predicted octanol–water partition coefficient (Wildman–Crippen LogP) is 4.06. The molecule has 3 fully saturated rings. The van der Waals surface area contributed by atoms with E-state index in [1.165, 1.54) is 12.5 Å². The second-order valence-corrected chi connectivity index (χ2v) is 10.6. The lowest BCUT2D eigenvalue weighted by Gasteiger charge is -2.30. The summed E-state index contributed by atoms with van der Waals surface area (Å²) in [6.07, 6.45) is 4.61. The number of morpholine rings is 1. The van der Waals surface area contributed by atoms with E-state index in [2.05, 4.69) is 28.9 Å². The molecule has 3 aliphatic rings. The number of hydrogen-bond donors (Lipinski definition) is 0. The van der Waals surface area contributed by atoms with Gasteiger partial charge in [-0.1, -0.05) is 25.1 Å². The molecule has 8 nitrogen and oxygen atoms in total. The number of piperidine rings is 1. The molecule has 2 saturated heterocycles. The molecule has 196 valence electrons. The van der Waals surface area contributed by atoms with Crippen LogP contribution in [0.5, 0.6) is 5.75 Å². The molecule has 2 aliphatic heterocycles. The van der Waals surface area contributed by atoms with E-state index >= 15 is 0 Å².